The molecule has 2 heterocycles. The van der Waals surface area contributed by atoms with Crippen molar-refractivity contribution in [1.29, 1.82) is 0 Å². The van der Waals surface area contributed by atoms with Gasteiger partial charge in [-0.1, -0.05) is 12.1 Å². The molecular formula is C15H10F3N3O. The summed E-state index contributed by atoms with van der Waals surface area (Å²) in [5.41, 5.74) is 0.0949. The molecule has 0 saturated heterocycles. The molecule has 0 unspecified atom stereocenters. The number of hydrogen-bond acceptors (Lipinski definition) is 2. The second-order valence-corrected chi connectivity index (χ2v) is 4.63. The Bertz CT molecular complexity index is 806. The number of carbonyl (C=O) groups excluding carboxylic acids is 1. The van der Waals surface area contributed by atoms with Crippen molar-refractivity contribution in [2.75, 3.05) is 5.32 Å². The number of halogens is 3. The molecule has 2 aromatic heterocycles. The number of amides is 1. The van der Waals surface area contributed by atoms with Crippen molar-refractivity contribution in [2.24, 2.45) is 0 Å². The quantitative estimate of drug-likeness (QED) is 0.786. The zero-order chi connectivity index (χ0) is 15.7. The first kappa shape index (κ1) is 14.1. The van der Waals surface area contributed by atoms with Crippen molar-refractivity contribution in [3.8, 4) is 0 Å². The summed E-state index contributed by atoms with van der Waals surface area (Å²) < 4.78 is 39.4. The molecule has 7 heteroatoms. The first-order valence-corrected chi connectivity index (χ1v) is 6.36. The summed E-state index contributed by atoms with van der Waals surface area (Å²) >= 11 is 0. The van der Waals surface area contributed by atoms with Gasteiger partial charge in [-0.05, 0) is 36.4 Å². The van der Waals surface area contributed by atoms with Crippen molar-refractivity contribution in [1.82, 2.24) is 9.61 Å². The van der Waals surface area contributed by atoms with Crippen molar-refractivity contribution in [3.63, 3.8) is 0 Å². The molecule has 1 N–H and O–H groups in total. The Balaban J connectivity index is 1.85. The van der Waals surface area contributed by atoms with Gasteiger partial charge in [0.1, 0.15) is 0 Å². The molecule has 0 fully saturated rings. The average Bonchev–Trinajstić information content (AvgIpc) is 2.90. The Hall–Kier alpha value is -2.83. The normalized spacial score (nSPS) is 11.6. The van der Waals surface area contributed by atoms with Crippen LogP contribution >= 0.6 is 0 Å². The number of anilines is 1. The number of benzene rings is 1. The van der Waals surface area contributed by atoms with Gasteiger partial charge in [-0.25, -0.2) is 4.52 Å². The van der Waals surface area contributed by atoms with E-state index in [0.29, 0.717) is 0 Å². The lowest BCUT2D eigenvalue weighted by Gasteiger charge is -2.09. The minimum absolute atomic E-state index is 0.0666. The Morgan fingerprint density at radius 2 is 1.91 bits per heavy atom. The molecule has 1 amide bonds. The minimum Gasteiger partial charge on any atom is -0.321 e. The standard InChI is InChI=1S/C15H10F3N3O/c16-15(17,18)10-4-3-5-11(8-10)19-14(22)13-9-12-6-1-2-7-21(12)20-13/h1-9H,(H,19,22). The van der Waals surface area contributed by atoms with E-state index in [4.69, 9.17) is 0 Å². The molecule has 4 nitrogen and oxygen atoms in total. The highest BCUT2D eigenvalue weighted by Crippen LogP contribution is 2.30. The van der Waals surface area contributed by atoms with Gasteiger partial charge in [-0.3, -0.25) is 4.79 Å². The number of carbonyl (C=O) groups is 1. The first-order valence-electron chi connectivity index (χ1n) is 6.36. The van der Waals surface area contributed by atoms with Crippen LogP contribution in [0.1, 0.15) is 16.1 Å². The second-order valence-electron chi connectivity index (χ2n) is 4.63. The summed E-state index contributed by atoms with van der Waals surface area (Å²) in [5.74, 6) is -0.567. The number of nitrogens with one attached hydrogen (secondary N) is 1. The monoisotopic (exact) mass is 305 g/mol. The second kappa shape index (κ2) is 5.18. The van der Waals surface area contributed by atoms with Gasteiger partial charge in [0.2, 0.25) is 0 Å². The SMILES string of the molecule is O=C(Nc1cccc(C(F)(F)F)c1)c1cc2ccccn2n1. The number of fused-ring (bicyclic) bond motifs is 1. The number of hydrogen-bond donors (Lipinski definition) is 1. The van der Waals surface area contributed by atoms with Crippen molar-refractivity contribution >= 4 is 17.1 Å². The fourth-order valence-electron chi connectivity index (χ4n) is 2.02. The van der Waals surface area contributed by atoms with Crippen molar-refractivity contribution in [2.45, 2.75) is 6.18 Å². The fraction of sp³-hybridized carbons (Fsp3) is 0.0667. The van der Waals surface area contributed by atoms with Gasteiger partial charge in [0, 0.05) is 11.9 Å². The largest absolute Gasteiger partial charge is 0.416 e. The van der Waals surface area contributed by atoms with Gasteiger partial charge >= 0.3 is 6.18 Å². The van der Waals surface area contributed by atoms with E-state index in [1.54, 1.807) is 30.5 Å². The number of nitrogens with zero attached hydrogens (tertiary/aromatic N) is 2. The van der Waals surface area contributed by atoms with Gasteiger partial charge in [0.25, 0.3) is 5.91 Å². The van der Waals surface area contributed by atoms with Crippen LogP contribution in [-0.2, 0) is 6.18 Å². The molecule has 3 aromatic rings. The lowest BCUT2D eigenvalue weighted by atomic mass is 10.2. The Morgan fingerprint density at radius 3 is 2.64 bits per heavy atom. The maximum Gasteiger partial charge on any atom is 0.416 e. The smallest absolute Gasteiger partial charge is 0.321 e. The van der Waals surface area contributed by atoms with Gasteiger partial charge in [0.15, 0.2) is 5.69 Å². The molecule has 0 aliphatic heterocycles. The third-order valence-corrected chi connectivity index (χ3v) is 3.05. The maximum atomic E-state index is 12.6. The summed E-state index contributed by atoms with van der Waals surface area (Å²) in [6.45, 7) is 0. The minimum atomic E-state index is -4.45. The molecule has 22 heavy (non-hydrogen) atoms. The molecule has 112 valence electrons. The van der Waals surface area contributed by atoms with E-state index in [2.05, 4.69) is 10.4 Å². The summed E-state index contributed by atoms with van der Waals surface area (Å²) in [6.07, 6.45) is -2.78. The highest BCUT2D eigenvalue weighted by atomic mass is 19.4. The molecule has 0 atom stereocenters. The lowest BCUT2D eigenvalue weighted by molar-refractivity contribution is -0.137. The zero-order valence-corrected chi connectivity index (χ0v) is 11.1. The highest BCUT2D eigenvalue weighted by molar-refractivity contribution is 6.03. The zero-order valence-electron chi connectivity index (χ0n) is 11.1. The Morgan fingerprint density at radius 1 is 1.09 bits per heavy atom. The van der Waals surface area contributed by atoms with E-state index in [1.165, 1.54) is 16.6 Å². The summed E-state index contributed by atoms with van der Waals surface area (Å²) in [7, 11) is 0. The average molecular weight is 305 g/mol. The number of alkyl halides is 3. The Labute approximate surface area is 123 Å². The molecule has 1 aromatic carbocycles. The number of rotatable bonds is 2. The predicted molar refractivity (Wildman–Crippen MR) is 74.6 cm³/mol. The van der Waals surface area contributed by atoms with Crippen LogP contribution in [0, 0.1) is 0 Å². The summed E-state index contributed by atoms with van der Waals surface area (Å²) in [6, 6.07) is 11.3. The van der Waals surface area contributed by atoms with Gasteiger partial charge < -0.3 is 5.32 Å². The van der Waals surface area contributed by atoms with Crippen LogP contribution < -0.4 is 5.32 Å². The highest BCUT2D eigenvalue weighted by Gasteiger charge is 2.30. The number of aromatic nitrogens is 2. The molecule has 0 spiro atoms. The van der Waals surface area contributed by atoms with E-state index in [9.17, 15) is 18.0 Å². The van der Waals surface area contributed by atoms with Gasteiger partial charge in [0.05, 0.1) is 11.1 Å². The topological polar surface area (TPSA) is 46.4 Å². The van der Waals surface area contributed by atoms with Gasteiger partial charge in [-0.15, -0.1) is 0 Å². The van der Waals surface area contributed by atoms with Gasteiger partial charge in [-0.2, -0.15) is 18.3 Å². The van der Waals surface area contributed by atoms with E-state index >= 15 is 0 Å². The molecule has 0 aliphatic carbocycles. The van der Waals surface area contributed by atoms with Crippen LogP contribution in [0.5, 0.6) is 0 Å². The van der Waals surface area contributed by atoms with E-state index in [-0.39, 0.29) is 11.4 Å². The molecule has 0 saturated carbocycles. The van der Waals surface area contributed by atoms with Crippen LogP contribution in [0.2, 0.25) is 0 Å². The molecular weight excluding hydrogens is 295 g/mol. The van der Waals surface area contributed by atoms with Crippen LogP contribution in [0.4, 0.5) is 18.9 Å². The van der Waals surface area contributed by atoms with Crippen LogP contribution in [-0.4, -0.2) is 15.5 Å². The van der Waals surface area contributed by atoms with Crippen molar-refractivity contribution < 1.29 is 18.0 Å². The van der Waals surface area contributed by atoms with Crippen LogP contribution in [0.25, 0.3) is 5.52 Å². The van der Waals surface area contributed by atoms with Crippen molar-refractivity contribution in [3.05, 3.63) is 66.0 Å². The first-order chi connectivity index (χ1) is 10.4. The summed E-state index contributed by atoms with van der Waals surface area (Å²) in [4.78, 5) is 12.1. The molecule has 0 bridgehead atoms. The van der Waals surface area contributed by atoms with Crippen LogP contribution in [0.15, 0.2) is 54.7 Å². The molecule has 0 radical (unpaired) electrons. The Kier molecular flexibility index (Phi) is 3.32. The molecule has 0 aliphatic rings. The maximum absolute atomic E-state index is 12.6. The lowest BCUT2D eigenvalue weighted by Crippen LogP contribution is -2.13. The third-order valence-electron chi connectivity index (χ3n) is 3.05. The third kappa shape index (κ3) is 2.78. The molecule has 3 rings (SSSR count). The van der Waals surface area contributed by atoms with E-state index in [0.717, 1.165) is 17.6 Å². The fourth-order valence-corrected chi connectivity index (χ4v) is 2.02. The van der Waals surface area contributed by atoms with E-state index < -0.39 is 17.6 Å². The summed E-state index contributed by atoms with van der Waals surface area (Å²) in [5, 5.41) is 6.48. The number of pyridine rings is 1. The van der Waals surface area contributed by atoms with Crippen LogP contribution in [0.3, 0.4) is 0 Å². The predicted octanol–water partition coefficient (Wildman–Crippen LogP) is 3.61. The van der Waals surface area contributed by atoms with E-state index in [1.807, 2.05) is 0 Å².